The molecule has 0 spiro atoms. The van der Waals surface area contributed by atoms with Gasteiger partial charge in [-0.05, 0) is 40.8 Å². The Bertz CT molecular complexity index is 1110. The SMILES string of the molecule is CCC(N(Cc1cccc(N)c1)Cc1cc(CP(=O)(O)OC)cc(CP(=O)(O)OC)c1)P(=O)(O)O. The van der Waals surface area contributed by atoms with Crippen molar-refractivity contribution in [2.75, 3.05) is 20.0 Å². The predicted molar refractivity (Wildman–Crippen MR) is 134 cm³/mol. The molecule has 2 aromatic rings. The average Bonchev–Trinajstić information content (AvgIpc) is 2.72. The molecule has 0 heterocycles. The van der Waals surface area contributed by atoms with Crippen LogP contribution >= 0.6 is 22.8 Å². The van der Waals surface area contributed by atoms with Crippen LogP contribution in [-0.2, 0) is 48.2 Å². The van der Waals surface area contributed by atoms with Crippen LogP contribution in [0.15, 0.2) is 42.5 Å². The summed E-state index contributed by atoms with van der Waals surface area (Å²) in [6.45, 7) is 1.88. The molecule has 2 aromatic carbocycles. The fraction of sp³-hybridized carbons (Fsp3) is 0.429. The van der Waals surface area contributed by atoms with Gasteiger partial charge in [0, 0.05) is 33.0 Å². The van der Waals surface area contributed by atoms with E-state index in [0.29, 0.717) is 22.4 Å². The number of nitrogens with two attached hydrogens (primary N) is 1. The first-order chi connectivity index (χ1) is 16.2. The highest BCUT2D eigenvalue weighted by atomic mass is 31.2. The second-order valence-corrected chi connectivity index (χ2v) is 13.9. The Hall–Kier alpha value is -1.35. The molecular formula is C21H33N2O9P3. The highest BCUT2D eigenvalue weighted by Gasteiger charge is 2.33. The third-order valence-electron chi connectivity index (χ3n) is 5.34. The van der Waals surface area contributed by atoms with E-state index in [1.54, 1.807) is 48.2 Å². The molecule has 3 atom stereocenters. The van der Waals surface area contributed by atoms with E-state index in [9.17, 15) is 33.3 Å². The van der Waals surface area contributed by atoms with Gasteiger partial charge in [-0.25, -0.2) is 0 Å². The van der Waals surface area contributed by atoms with Crippen LogP contribution in [0.5, 0.6) is 0 Å². The van der Waals surface area contributed by atoms with Gasteiger partial charge >= 0.3 is 22.8 Å². The first-order valence-electron chi connectivity index (χ1n) is 10.7. The van der Waals surface area contributed by atoms with E-state index >= 15 is 0 Å². The predicted octanol–water partition coefficient (Wildman–Crippen LogP) is 3.85. The fourth-order valence-electron chi connectivity index (χ4n) is 3.84. The minimum Gasteiger partial charge on any atom is -0.399 e. The van der Waals surface area contributed by atoms with Gasteiger partial charge in [-0.15, -0.1) is 0 Å². The fourth-order valence-corrected chi connectivity index (χ4v) is 6.45. The molecule has 11 nitrogen and oxygen atoms in total. The summed E-state index contributed by atoms with van der Waals surface area (Å²) in [5.41, 5.74) is 8.39. The van der Waals surface area contributed by atoms with Crippen LogP contribution in [0.25, 0.3) is 0 Å². The molecule has 14 heteroatoms. The minimum absolute atomic E-state index is 0.0463. The van der Waals surface area contributed by atoms with Gasteiger partial charge < -0.3 is 34.4 Å². The largest absolute Gasteiger partial charge is 0.399 e. The van der Waals surface area contributed by atoms with Gasteiger partial charge in [-0.1, -0.05) is 37.3 Å². The Morgan fingerprint density at radius 3 is 1.74 bits per heavy atom. The number of hydrogen-bond acceptors (Lipinski definition) is 7. The Balaban J connectivity index is 2.53. The standard InChI is InChI=1S/C21H33N2O9P3/c1-4-21(35(28,29)30)23(12-16-6-5-7-20(22)11-16)13-17-8-18(14-33(24,25)31-2)10-19(9-17)15-34(26,27)32-3/h5-11,21H,4,12-15,22H2,1-3H3,(H,24,25)(H,26,27)(H2,28,29,30). The second kappa shape index (κ2) is 12.3. The highest BCUT2D eigenvalue weighted by Crippen LogP contribution is 2.48. The van der Waals surface area contributed by atoms with Crippen molar-refractivity contribution >= 4 is 28.5 Å². The van der Waals surface area contributed by atoms with Gasteiger partial charge in [0.15, 0.2) is 0 Å². The zero-order chi connectivity index (χ0) is 26.4. The molecule has 3 unspecified atom stereocenters. The lowest BCUT2D eigenvalue weighted by molar-refractivity contribution is 0.193. The number of rotatable bonds is 13. The van der Waals surface area contributed by atoms with Crippen molar-refractivity contribution < 1.29 is 42.3 Å². The van der Waals surface area contributed by atoms with Crippen LogP contribution in [0.1, 0.15) is 35.6 Å². The maximum atomic E-state index is 12.3. The van der Waals surface area contributed by atoms with Crippen LogP contribution < -0.4 is 5.73 Å². The van der Waals surface area contributed by atoms with Crippen molar-refractivity contribution in [3.63, 3.8) is 0 Å². The van der Waals surface area contributed by atoms with E-state index < -0.39 is 28.6 Å². The second-order valence-electron chi connectivity index (χ2n) is 8.24. The Morgan fingerprint density at radius 2 is 1.31 bits per heavy atom. The molecular weight excluding hydrogens is 517 g/mol. The average molecular weight is 550 g/mol. The molecule has 0 saturated carbocycles. The zero-order valence-electron chi connectivity index (χ0n) is 19.9. The molecule has 0 saturated heterocycles. The molecule has 0 amide bonds. The summed E-state index contributed by atoms with van der Waals surface area (Å²) in [6.07, 6.45) is -0.542. The van der Waals surface area contributed by atoms with Gasteiger partial charge in [0.2, 0.25) is 0 Å². The summed E-state index contributed by atoms with van der Waals surface area (Å²) in [6, 6.07) is 11.7. The summed E-state index contributed by atoms with van der Waals surface area (Å²) in [5, 5.41) is 0. The molecule has 0 fully saturated rings. The van der Waals surface area contributed by atoms with E-state index in [0.717, 1.165) is 19.8 Å². The minimum atomic E-state index is -4.53. The maximum absolute atomic E-state index is 12.3. The Kier molecular flexibility index (Phi) is 10.5. The summed E-state index contributed by atoms with van der Waals surface area (Å²) in [7, 11) is -10.2. The molecule has 2 rings (SSSR count). The molecule has 6 N–H and O–H groups in total. The van der Waals surface area contributed by atoms with Crippen molar-refractivity contribution in [2.24, 2.45) is 0 Å². The van der Waals surface area contributed by atoms with Crippen molar-refractivity contribution in [3.05, 3.63) is 64.7 Å². The molecule has 196 valence electrons. The normalized spacial score (nSPS) is 16.6. The third-order valence-corrected chi connectivity index (χ3v) is 9.48. The monoisotopic (exact) mass is 550 g/mol. The van der Waals surface area contributed by atoms with E-state index in [1.807, 2.05) is 0 Å². The van der Waals surface area contributed by atoms with Gasteiger partial charge in [0.05, 0.1) is 12.3 Å². The van der Waals surface area contributed by atoms with E-state index in [2.05, 4.69) is 9.05 Å². The molecule has 0 aromatic heterocycles. The summed E-state index contributed by atoms with van der Waals surface area (Å²) in [4.78, 5) is 41.5. The van der Waals surface area contributed by atoms with Gasteiger partial charge in [-0.2, -0.15) is 0 Å². The van der Waals surface area contributed by atoms with E-state index in [4.69, 9.17) is 5.73 Å². The molecule has 0 aliphatic rings. The van der Waals surface area contributed by atoms with Crippen molar-refractivity contribution in [1.82, 2.24) is 4.90 Å². The number of benzene rings is 2. The molecule has 0 aliphatic heterocycles. The lowest BCUT2D eigenvalue weighted by Crippen LogP contribution is -2.34. The van der Waals surface area contributed by atoms with Gasteiger partial charge in [0.1, 0.15) is 5.78 Å². The smallest absolute Gasteiger partial charge is 0.342 e. The first-order valence-corrected chi connectivity index (χ1v) is 15.9. The summed E-state index contributed by atoms with van der Waals surface area (Å²) < 4.78 is 46.0. The molecule has 35 heavy (non-hydrogen) atoms. The van der Waals surface area contributed by atoms with Gasteiger partial charge in [0.25, 0.3) is 0 Å². The first kappa shape index (κ1) is 29.9. The highest BCUT2D eigenvalue weighted by molar-refractivity contribution is 7.52. The van der Waals surface area contributed by atoms with Crippen molar-refractivity contribution in [1.29, 1.82) is 0 Å². The molecule has 0 bridgehead atoms. The van der Waals surface area contributed by atoms with Crippen LogP contribution in [-0.4, -0.2) is 44.5 Å². The van der Waals surface area contributed by atoms with Gasteiger partial charge in [-0.3, -0.25) is 18.6 Å². The van der Waals surface area contributed by atoms with E-state index in [-0.39, 0.29) is 31.8 Å². The van der Waals surface area contributed by atoms with Crippen molar-refractivity contribution in [2.45, 2.75) is 44.5 Å². The number of nitrogen functional groups attached to an aromatic ring is 1. The summed E-state index contributed by atoms with van der Waals surface area (Å²) in [5.74, 6) is -1.11. The Morgan fingerprint density at radius 1 is 0.829 bits per heavy atom. The van der Waals surface area contributed by atoms with Crippen LogP contribution in [0, 0.1) is 0 Å². The topological polar surface area (TPSA) is 180 Å². The van der Waals surface area contributed by atoms with Crippen LogP contribution in [0.3, 0.4) is 0 Å². The number of nitrogens with zero attached hydrogens (tertiary/aromatic N) is 1. The zero-order valence-corrected chi connectivity index (χ0v) is 22.5. The lowest BCUT2D eigenvalue weighted by atomic mass is 10.1. The van der Waals surface area contributed by atoms with E-state index in [1.165, 1.54) is 6.07 Å². The molecule has 0 radical (unpaired) electrons. The Labute approximate surface area is 205 Å². The van der Waals surface area contributed by atoms with Crippen molar-refractivity contribution in [3.8, 4) is 0 Å². The number of anilines is 1. The number of hydrogen-bond donors (Lipinski definition) is 5. The lowest BCUT2D eigenvalue weighted by Gasteiger charge is -2.32. The third kappa shape index (κ3) is 9.56. The van der Waals surface area contributed by atoms with Crippen LogP contribution in [0.2, 0.25) is 0 Å². The maximum Gasteiger partial charge on any atom is 0.342 e. The molecule has 0 aliphatic carbocycles. The van der Waals surface area contributed by atoms with Crippen LogP contribution in [0.4, 0.5) is 5.69 Å². The quantitative estimate of drug-likeness (QED) is 0.181. The summed E-state index contributed by atoms with van der Waals surface area (Å²) >= 11 is 0.